The van der Waals surface area contributed by atoms with E-state index in [4.69, 9.17) is 0 Å². The minimum Gasteiger partial charge on any atom is -0.192 e. The highest BCUT2D eigenvalue weighted by atomic mass is 32.1. The van der Waals surface area contributed by atoms with Crippen molar-refractivity contribution in [1.82, 2.24) is 0 Å². The van der Waals surface area contributed by atoms with E-state index in [2.05, 4.69) is 109 Å². The molecule has 0 aliphatic heterocycles. The van der Waals surface area contributed by atoms with Crippen LogP contribution in [0.25, 0.3) is 73.7 Å². The third-order valence-electron chi connectivity index (χ3n) is 8.00. The van der Waals surface area contributed by atoms with Crippen LogP contribution >= 0.6 is 22.7 Å². The molecule has 42 heavy (non-hydrogen) atoms. The molecule has 0 bridgehead atoms. The molecule has 0 unspecified atom stereocenters. The molecule has 0 saturated heterocycles. The number of nitriles is 2. The Hall–Kier alpha value is -5.26. The molecule has 0 radical (unpaired) electrons. The molecule has 0 N–H and O–H groups in total. The second-order valence-electron chi connectivity index (χ2n) is 10.3. The number of nitrogens with zero attached hydrogens (tertiary/aromatic N) is 2. The van der Waals surface area contributed by atoms with Gasteiger partial charge in [-0.05, 0) is 53.1 Å². The summed E-state index contributed by atoms with van der Waals surface area (Å²) in [6.07, 6.45) is 0. The van der Waals surface area contributed by atoms with Crippen LogP contribution in [0.1, 0.15) is 11.1 Å². The molecule has 6 aromatic carbocycles. The number of rotatable bonds is 3. The first-order chi connectivity index (χ1) is 20.7. The Labute approximate surface area is 250 Å². The molecule has 2 aromatic heterocycles. The first-order valence-electron chi connectivity index (χ1n) is 13.6. The predicted octanol–water partition coefficient (Wildman–Crippen LogP) is 11.2. The van der Waals surface area contributed by atoms with Crippen LogP contribution in [-0.4, -0.2) is 0 Å². The van der Waals surface area contributed by atoms with Gasteiger partial charge in [0.2, 0.25) is 0 Å². The van der Waals surface area contributed by atoms with Gasteiger partial charge in [-0.3, -0.25) is 0 Å². The predicted molar refractivity (Wildman–Crippen MR) is 178 cm³/mol. The Bertz CT molecular complexity index is 2450. The van der Waals surface area contributed by atoms with E-state index >= 15 is 0 Å². The smallest absolute Gasteiger partial charge is 0.100 e. The van der Waals surface area contributed by atoms with Crippen LogP contribution in [-0.2, 0) is 0 Å². The third kappa shape index (κ3) is 3.67. The maximum Gasteiger partial charge on any atom is 0.100 e. The molecule has 194 valence electrons. The minimum absolute atomic E-state index is 0.552. The Balaban J connectivity index is 1.51. The molecule has 0 saturated carbocycles. The molecule has 0 atom stereocenters. The van der Waals surface area contributed by atoms with Gasteiger partial charge in [-0.25, -0.2) is 0 Å². The van der Waals surface area contributed by atoms with Crippen LogP contribution in [0, 0.1) is 22.7 Å². The lowest BCUT2D eigenvalue weighted by atomic mass is 9.86. The van der Waals surface area contributed by atoms with E-state index in [1.54, 1.807) is 22.7 Å². The number of benzene rings is 6. The van der Waals surface area contributed by atoms with Crippen LogP contribution in [0.5, 0.6) is 0 Å². The van der Waals surface area contributed by atoms with Gasteiger partial charge in [0, 0.05) is 57.0 Å². The fourth-order valence-corrected chi connectivity index (χ4v) is 8.50. The van der Waals surface area contributed by atoms with Crippen molar-refractivity contribution in [3.05, 3.63) is 132 Å². The lowest BCUT2D eigenvalue weighted by Crippen LogP contribution is -1.95. The summed E-state index contributed by atoms with van der Waals surface area (Å²) in [7, 11) is 0. The van der Waals surface area contributed by atoms with Crippen molar-refractivity contribution in [3.63, 3.8) is 0 Å². The normalized spacial score (nSPS) is 11.3. The molecular weight excluding hydrogens is 549 g/mol. The van der Waals surface area contributed by atoms with Crippen LogP contribution < -0.4 is 0 Å². The van der Waals surface area contributed by atoms with Gasteiger partial charge < -0.3 is 0 Å². The zero-order chi connectivity index (χ0) is 28.2. The lowest BCUT2D eigenvalue weighted by molar-refractivity contribution is 1.45. The van der Waals surface area contributed by atoms with E-state index in [0.717, 1.165) is 38.8 Å². The van der Waals surface area contributed by atoms with E-state index < -0.39 is 0 Å². The van der Waals surface area contributed by atoms with Crippen LogP contribution in [0.4, 0.5) is 0 Å². The fraction of sp³-hybridized carbons (Fsp3) is 0. The highest BCUT2D eigenvalue weighted by molar-refractivity contribution is 7.26. The van der Waals surface area contributed by atoms with Crippen molar-refractivity contribution >= 4 is 63.0 Å². The molecule has 0 aliphatic carbocycles. The Morgan fingerprint density at radius 3 is 1.86 bits per heavy atom. The van der Waals surface area contributed by atoms with Gasteiger partial charge in [0.25, 0.3) is 0 Å². The molecule has 8 aromatic rings. The zero-order valence-corrected chi connectivity index (χ0v) is 23.9. The van der Waals surface area contributed by atoms with Gasteiger partial charge in [-0.1, -0.05) is 84.9 Å². The Morgan fingerprint density at radius 2 is 1.05 bits per heavy atom. The maximum absolute atomic E-state index is 10.7. The molecule has 2 nitrogen and oxygen atoms in total. The number of hydrogen-bond donors (Lipinski definition) is 0. The van der Waals surface area contributed by atoms with Crippen LogP contribution in [0.3, 0.4) is 0 Å². The quantitative estimate of drug-likeness (QED) is 0.213. The lowest BCUT2D eigenvalue weighted by Gasteiger charge is -2.16. The van der Waals surface area contributed by atoms with Gasteiger partial charge >= 0.3 is 0 Å². The topological polar surface area (TPSA) is 47.6 Å². The summed E-state index contributed by atoms with van der Waals surface area (Å²) in [5.74, 6) is 0. The number of thiophene rings is 2. The SMILES string of the molecule is N#Cc1ccccc1-c1cc(-c2cccc3c2sc2ccccc23)cc(-c2cccc3sc4ccccc4c23)c1C#N. The summed E-state index contributed by atoms with van der Waals surface area (Å²) >= 11 is 3.57. The molecule has 2 heterocycles. The summed E-state index contributed by atoms with van der Waals surface area (Å²) in [6, 6.07) is 46.6. The van der Waals surface area contributed by atoms with Gasteiger partial charge in [0.1, 0.15) is 6.07 Å². The fourth-order valence-electron chi connectivity index (χ4n) is 6.13. The standard InChI is InChI=1S/C38H20N2S2/c39-21-23-9-1-2-10-25(23)31-19-24(26-13-7-15-29-27-11-3-5-16-34(27)42-38(26)29)20-32(33(31)22-40)28-14-8-18-36-37(28)30-12-4-6-17-35(30)41-36/h1-20H. The third-order valence-corrected chi connectivity index (χ3v) is 10.4. The van der Waals surface area contributed by atoms with E-state index in [-0.39, 0.29) is 0 Å². The summed E-state index contributed by atoms with van der Waals surface area (Å²) in [4.78, 5) is 0. The minimum atomic E-state index is 0.552. The highest BCUT2D eigenvalue weighted by Crippen LogP contribution is 2.46. The summed E-state index contributed by atoms with van der Waals surface area (Å²) < 4.78 is 4.87. The van der Waals surface area contributed by atoms with E-state index in [1.807, 2.05) is 24.3 Å². The number of hydrogen-bond acceptors (Lipinski definition) is 4. The van der Waals surface area contributed by atoms with Crippen molar-refractivity contribution < 1.29 is 0 Å². The first kappa shape index (κ1) is 24.5. The van der Waals surface area contributed by atoms with Crippen molar-refractivity contribution in [1.29, 1.82) is 10.5 Å². The van der Waals surface area contributed by atoms with Crippen molar-refractivity contribution in [2.24, 2.45) is 0 Å². The average molecular weight is 569 g/mol. The van der Waals surface area contributed by atoms with Crippen LogP contribution in [0.15, 0.2) is 121 Å². The van der Waals surface area contributed by atoms with E-state index in [0.29, 0.717) is 11.1 Å². The Kier molecular flexibility index (Phi) is 5.66. The van der Waals surface area contributed by atoms with E-state index in [1.165, 1.54) is 35.0 Å². The molecule has 4 heteroatoms. The second kappa shape index (κ2) is 9.68. The summed E-state index contributed by atoms with van der Waals surface area (Å²) in [5.41, 5.74) is 6.73. The van der Waals surface area contributed by atoms with Gasteiger partial charge in [-0.2, -0.15) is 10.5 Å². The van der Waals surface area contributed by atoms with Gasteiger partial charge in [0.05, 0.1) is 17.2 Å². The van der Waals surface area contributed by atoms with Crippen molar-refractivity contribution in [3.8, 4) is 45.5 Å². The van der Waals surface area contributed by atoms with E-state index in [9.17, 15) is 10.5 Å². The largest absolute Gasteiger partial charge is 0.192 e. The zero-order valence-electron chi connectivity index (χ0n) is 22.3. The average Bonchev–Trinajstić information content (AvgIpc) is 3.62. The highest BCUT2D eigenvalue weighted by Gasteiger charge is 2.21. The monoisotopic (exact) mass is 568 g/mol. The van der Waals surface area contributed by atoms with Crippen molar-refractivity contribution in [2.45, 2.75) is 0 Å². The summed E-state index contributed by atoms with van der Waals surface area (Å²) in [5, 5.41) is 25.6. The van der Waals surface area contributed by atoms with Gasteiger partial charge in [-0.15, -0.1) is 22.7 Å². The Morgan fingerprint density at radius 1 is 0.452 bits per heavy atom. The molecule has 0 spiro atoms. The molecule has 0 aliphatic rings. The van der Waals surface area contributed by atoms with Crippen LogP contribution in [0.2, 0.25) is 0 Å². The van der Waals surface area contributed by atoms with Gasteiger partial charge in [0.15, 0.2) is 0 Å². The first-order valence-corrected chi connectivity index (χ1v) is 15.3. The second-order valence-corrected chi connectivity index (χ2v) is 12.4. The molecule has 0 amide bonds. The maximum atomic E-state index is 10.7. The summed E-state index contributed by atoms with van der Waals surface area (Å²) in [6.45, 7) is 0. The van der Waals surface area contributed by atoms with Crippen molar-refractivity contribution in [2.75, 3.05) is 0 Å². The molecule has 8 rings (SSSR count). The molecular formula is C38H20N2S2. The number of fused-ring (bicyclic) bond motifs is 6. The molecule has 0 fully saturated rings.